The first kappa shape index (κ1) is 9.31. The van der Waals surface area contributed by atoms with Crippen LogP contribution < -0.4 is 0 Å². The first-order chi connectivity index (χ1) is 6.09. The first-order valence-electron chi connectivity index (χ1n) is 3.63. The molecule has 0 bridgehead atoms. The smallest absolute Gasteiger partial charge is 0.309 e. The normalized spacial score (nSPS) is 9.62. The van der Waals surface area contributed by atoms with Crippen molar-refractivity contribution in [2.75, 3.05) is 0 Å². The number of carboxylic acid groups (broad SMARTS) is 1. The summed E-state index contributed by atoms with van der Waals surface area (Å²) in [6, 6.07) is 0. The number of rotatable bonds is 3. The van der Waals surface area contributed by atoms with Crippen molar-refractivity contribution in [1.82, 2.24) is 9.97 Å². The number of ketones is 1. The van der Waals surface area contributed by atoms with Crippen molar-refractivity contribution in [2.45, 2.75) is 13.3 Å². The molecule has 0 atom stereocenters. The van der Waals surface area contributed by atoms with Crippen LogP contribution in [-0.4, -0.2) is 26.8 Å². The second kappa shape index (κ2) is 3.75. The van der Waals surface area contributed by atoms with Crippen LogP contribution in [0, 0.1) is 0 Å². The largest absolute Gasteiger partial charge is 0.481 e. The molecule has 5 nitrogen and oxygen atoms in total. The second-order valence-electron chi connectivity index (χ2n) is 2.52. The molecule has 0 amide bonds. The second-order valence-corrected chi connectivity index (χ2v) is 2.52. The van der Waals surface area contributed by atoms with E-state index in [0.29, 0.717) is 5.69 Å². The lowest BCUT2D eigenvalue weighted by Gasteiger charge is -1.97. The summed E-state index contributed by atoms with van der Waals surface area (Å²) in [5.41, 5.74) is 0.485. The summed E-state index contributed by atoms with van der Waals surface area (Å²) in [5, 5.41) is 8.44. The Labute approximate surface area is 74.4 Å². The molecule has 0 saturated heterocycles. The van der Waals surface area contributed by atoms with Crippen molar-refractivity contribution in [3.63, 3.8) is 0 Å². The quantitative estimate of drug-likeness (QED) is 0.677. The Kier molecular flexibility index (Phi) is 2.69. The lowest BCUT2D eigenvalue weighted by Crippen LogP contribution is -2.06. The molecule has 0 radical (unpaired) electrons. The van der Waals surface area contributed by atoms with E-state index in [2.05, 4.69) is 9.97 Å². The van der Waals surface area contributed by atoms with Crippen LogP contribution in [0.1, 0.15) is 23.1 Å². The third-order valence-corrected chi connectivity index (χ3v) is 1.38. The van der Waals surface area contributed by atoms with Crippen LogP contribution in [0.5, 0.6) is 0 Å². The molecule has 68 valence electrons. The molecule has 0 unspecified atom stereocenters. The van der Waals surface area contributed by atoms with Crippen LogP contribution in [0.15, 0.2) is 12.4 Å². The summed E-state index contributed by atoms with van der Waals surface area (Å²) in [7, 11) is 0. The van der Waals surface area contributed by atoms with Crippen molar-refractivity contribution in [2.24, 2.45) is 0 Å². The van der Waals surface area contributed by atoms with Gasteiger partial charge in [0.25, 0.3) is 0 Å². The minimum Gasteiger partial charge on any atom is -0.481 e. The topological polar surface area (TPSA) is 80.2 Å². The highest BCUT2D eigenvalue weighted by Gasteiger charge is 2.05. The Morgan fingerprint density at radius 2 is 2.15 bits per heavy atom. The molecule has 0 aliphatic carbocycles. The highest BCUT2D eigenvalue weighted by atomic mass is 16.4. The fourth-order valence-electron chi connectivity index (χ4n) is 0.816. The van der Waals surface area contributed by atoms with Gasteiger partial charge in [-0.3, -0.25) is 14.6 Å². The molecule has 0 aromatic carbocycles. The Balaban J connectivity index is 2.91. The molecule has 1 aromatic heterocycles. The highest BCUT2D eigenvalue weighted by Crippen LogP contribution is 1.98. The zero-order chi connectivity index (χ0) is 9.84. The molecule has 0 fully saturated rings. The van der Waals surface area contributed by atoms with E-state index in [4.69, 9.17) is 5.11 Å². The lowest BCUT2D eigenvalue weighted by molar-refractivity contribution is -0.136. The molecular formula is C8H8N2O3. The number of hydrogen-bond donors (Lipinski definition) is 1. The molecule has 5 heteroatoms. The van der Waals surface area contributed by atoms with Crippen LogP contribution in [0.4, 0.5) is 0 Å². The van der Waals surface area contributed by atoms with Crippen LogP contribution in [0.2, 0.25) is 0 Å². The van der Waals surface area contributed by atoms with Crippen molar-refractivity contribution in [1.29, 1.82) is 0 Å². The number of nitrogens with zero attached hydrogens (tertiary/aromatic N) is 2. The van der Waals surface area contributed by atoms with Crippen molar-refractivity contribution >= 4 is 11.8 Å². The Morgan fingerprint density at radius 3 is 2.69 bits per heavy atom. The van der Waals surface area contributed by atoms with Gasteiger partial charge in [0.1, 0.15) is 5.69 Å². The van der Waals surface area contributed by atoms with Gasteiger partial charge in [0.15, 0.2) is 5.78 Å². The van der Waals surface area contributed by atoms with Gasteiger partial charge in [0, 0.05) is 13.1 Å². The third-order valence-electron chi connectivity index (χ3n) is 1.38. The van der Waals surface area contributed by atoms with E-state index in [1.807, 2.05) is 0 Å². The van der Waals surface area contributed by atoms with E-state index in [1.165, 1.54) is 19.3 Å². The van der Waals surface area contributed by atoms with Gasteiger partial charge < -0.3 is 5.11 Å². The van der Waals surface area contributed by atoms with Crippen molar-refractivity contribution in [3.8, 4) is 0 Å². The van der Waals surface area contributed by atoms with Gasteiger partial charge in [-0.15, -0.1) is 0 Å². The van der Waals surface area contributed by atoms with Crippen LogP contribution >= 0.6 is 0 Å². The SMILES string of the molecule is CC(=O)c1cncc(CC(=O)O)n1. The van der Waals surface area contributed by atoms with Crippen molar-refractivity contribution < 1.29 is 14.7 Å². The van der Waals surface area contributed by atoms with E-state index in [1.54, 1.807) is 0 Å². The Morgan fingerprint density at radius 1 is 1.46 bits per heavy atom. The predicted octanol–water partition coefficient (Wildman–Crippen LogP) is 0.306. The summed E-state index contributed by atoms with van der Waals surface area (Å²) >= 11 is 0. The van der Waals surface area contributed by atoms with Gasteiger partial charge in [0.05, 0.1) is 18.3 Å². The maximum absolute atomic E-state index is 10.8. The molecule has 0 aliphatic heterocycles. The average Bonchev–Trinajstić information content (AvgIpc) is 2.03. The first-order valence-corrected chi connectivity index (χ1v) is 3.63. The molecule has 0 aliphatic rings. The summed E-state index contributed by atoms with van der Waals surface area (Å²) in [6.45, 7) is 1.36. The fourth-order valence-corrected chi connectivity index (χ4v) is 0.816. The van der Waals surface area contributed by atoms with Crippen molar-refractivity contribution in [3.05, 3.63) is 23.8 Å². The number of aliphatic carboxylic acids is 1. The van der Waals surface area contributed by atoms with Crippen LogP contribution in [0.3, 0.4) is 0 Å². The lowest BCUT2D eigenvalue weighted by atomic mass is 10.3. The van der Waals surface area contributed by atoms with Gasteiger partial charge in [-0.05, 0) is 0 Å². The highest BCUT2D eigenvalue weighted by molar-refractivity contribution is 5.91. The molecule has 0 saturated carbocycles. The summed E-state index contributed by atoms with van der Waals surface area (Å²) in [6.07, 6.45) is 2.43. The fraction of sp³-hybridized carbons (Fsp3) is 0.250. The van der Waals surface area contributed by atoms with Gasteiger partial charge in [-0.25, -0.2) is 4.98 Å². The number of carboxylic acids is 1. The summed E-state index contributed by atoms with van der Waals surface area (Å²) in [4.78, 5) is 28.7. The minimum absolute atomic E-state index is 0.193. The monoisotopic (exact) mass is 180 g/mol. The molecule has 1 N–H and O–H groups in total. The summed E-state index contributed by atoms with van der Waals surface area (Å²) in [5.74, 6) is -1.21. The van der Waals surface area contributed by atoms with E-state index in [0.717, 1.165) is 0 Å². The van der Waals surface area contributed by atoms with Gasteiger partial charge in [-0.2, -0.15) is 0 Å². The van der Waals surface area contributed by atoms with Gasteiger partial charge >= 0.3 is 5.97 Å². The maximum atomic E-state index is 10.8. The number of hydrogen-bond acceptors (Lipinski definition) is 4. The standard InChI is InChI=1S/C8H8N2O3/c1-5(11)7-4-9-3-6(10-7)2-8(12)13/h3-4H,2H2,1H3,(H,12,13). The van der Waals surface area contributed by atoms with Gasteiger partial charge in [-0.1, -0.05) is 0 Å². The average molecular weight is 180 g/mol. The molecule has 1 heterocycles. The molecule has 1 aromatic rings. The van der Waals surface area contributed by atoms with Gasteiger partial charge in [0.2, 0.25) is 0 Å². The van der Waals surface area contributed by atoms with Crippen LogP contribution in [0.25, 0.3) is 0 Å². The molecule has 0 spiro atoms. The number of Topliss-reactive ketones (excluding diaryl/α,β-unsaturated/α-hetero) is 1. The number of carbonyl (C=O) groups excluding carboxylic acids is 1. The Bertz CT molecular complexity index is 349. The number of carbonyl (C=O) groups is 2. The molecular weight excluding hydrogens is 172 g/mol. The Hall–Kier alpha value is -1.78. The van der Waals surface area contributed by atoms with E-state index in [-0.39, 0.29) is 17.9 Å². The minimum atomic E-state index is -0.991. The number of aromatic nitrogens is 2. The van der Waals surface area contributed by atoms with Crippen LogP contribution in [-0.2, 0) is 11.2 Å². The zero-order valence-corrected chi connectivity index (χ0v) is 7.02. The molecule has 13 heavy (non-hydrogen) atoms. The third kappa shape index (κ3) is 2.62. The van der Waals surface area contributed by atoms with E-state index < -0.39 is 5.97 Å². The predicted molar refractivity (Wildman–Crippen MR) is 43.4 cm³/mol. The summed E-state index contributed by atoms with van der Waals surface area (Å²) < 4.78 is 0. The molecule has 1 rings (SSSR count). The zero-order valence-electron chi connectivity index (χ0n) is 7.02. The van der Waals surface area contributed by atoms with E-state index >= 15 is 0 Å². The maximum Gasteiger partial charge on any atom is 0.309 e. The van der Waals surface area contributed by atoms with E-state index in [9.17, 15) is 9.59 Å².